The van der Waals surface area contributed by atoms with E-state index in [0.717, 1.165) is 25.7 Å². The Balaban J connectivity index is 1.47. The summed E-state index contributed by atoms with van der Waals surface area (Å²) in [4.78, 5) is 30.5. The van der Waals surface area contributed by atoms with Crippen LogP contribution >= 0.6 is 0 Å². The molecule has 9 nitrogen and oxygen atoms in total. The highest BCUT2D eigenvalue weighted by Crippen LogP contribution is 2.32. The molecule has 3 heterocycles. The van der Waals surface area contributed by atoms with Crippen molar-refractivity contribution in [3.05, 3.63) is 41.5 Å². The first-order valence-electron chi connectivity index (χ1n) is 11.6. The highest BCUT2D eigenvalue weighted by atomic mass is 16.5. The van der Waals surface area contributed by atoms with Crippen LogP contribution in [0.2, 0.25) is 0 Å². The van der Waals surface area contributed by atoms with Gasteiger partial charge in [0.2, 0.25) is 5.91 Å². The van der Waals surface area contributed by atoms with Crippen molar-refractivity contribution in [3.63, 3.8) is 0 Å². The van der Waals surface area contributed by atoms with Crippen molar-refractivity contribution < 1.29 is 24.0 Å². The zero-order valence-electron chi connectivity index (χ0n) is 19.2. The van der Waals surface area contributed by atoms with Crippen LogP contribution in [0.3, 0.4) is 0 Å². The van der Waals surface area contributed by atoms with Gasteiger partial charge in [-0.3, -0.25) is 14.6 Å². The van der Waals surface area contributed by atoms with Gasteiger partial charge in [-0.05, 0) is 43.7 Å². The van der Waals surface area contributed by atoms with Crippen LogP contribution in [-0.2, 0) is 15.1 Å². The predicted octanol–water partition coefficient (Wildman–Crippen LogP) is 2.94. The number of carbonyl (C=O) groups is 2. The highest BCUT2D eigenvalue weighted by Gasteiger charge is 2.35. The van der Waals surface area contributed by atoms with Gasteiger partial charge in [0.25, 0.3) is 5.91 Å². The first kappa shape index (κ1) is 23.4. The number of nitrogens with one attached hydrogen (secondary N) is 2. The lowest BCUT2D eigenvalue weighted by molar-refractivity contribution is -0.119. The smallest absolute Gasteiger partial charge is 0.257 e. The first-order valence-corrected chi connectivity index (χ1v) is 11.6. The van der Waals surface area contributed by atoms with E-state index < -0.39 is 11.6 Å². The van der Waals surface area contributed by atoms with E-state index in [2.05, 4.69) is 27.7 Å². The zero-order chi connectivity index (χ0) is 23.4. The molecular formula is C24H32N4O5. The second kappa shape index (κ2) is 10.0. The number of nitrogens with zero attached hydrogens (tertiary/aromatic N) is 2. The molecule has 2 fully saturated rings. The van der Waals surface area contributed by atoms with Crippen molar-refractivity contribution >= 4 is 17.5 Å². The topological polar surface area (TPSA) is 127 Å². The molecule has 4 rings (SSSR count). The van der Waals surface area contributed by atoms with Gasteiger partial charge in [-0.1, -0.05) is 24.9 Å². The van der Waals surface area contributed by atoms with Gasteiger partial charge in [0, 0.05) is 26.1 Å². The van der Waals surface area contributed by atoms with Crippen molar-refractivity contribution in [2.75, 3.05) is 18.5 Å². The summed E-state index contributed by atoms with van der Waals surface area (Å²) in [6, 6.07) is 2.79. The van der Waals surface area contributed by atoms with Crippen molar-refractivity contribution in [2.45, 2.75) is 64.0 Å². The Labute approximate surface area is 193 Å². The molecule has 0 aromatic carbocycles. The van der Waals surface area contributed by atoms with E-state index in [-0.39, 0.29) is 17.7 Å². The molecule has 0 bridgehead atoms. The highest BCUT2D eigenvalue weighted by molar-refractivity contribution is 6.01. The Morgan fingerprint density at radius 1 is 1.18 bits per heavy atom. The third-order valence-corrected chi connectivity index (χ3v) is 6.92. The fraction of sp³-hybridized carbons (Fsp3) is 0.583. The maximum atomic E-state index is 13.3. The molecule has 33 heavy (non-hydrogen) atoms. The lowest BCUT2D eigenvalue weighted by atomic mass is 9.79. The number of ether oxygens (including phenoxy) is 1. The van der Waals surface area contributed by atoms with E-state index in [9.17, 15) is 14.7 Å². The van der Waals surface area contributed by atoms with E-state index >= 15 is 0 Å². The Morgan fingerprint density at radius 2 is 1.91 bits per heavy atom. The molecule has 1 aliphatic heterocycles. The van der Waals surface area contributed by atoms with Gasteiger partial charge >= 0.3 is 0 Å². The number of hydrogen-bond acceptors (Lipinski definition) is 7. The molecule has 0 radical (unpaired) electrons. The summed E-state index contributed by atoms with van der Waals surface area (Å²) >= 11 is 0. The van der Waals surface area contributed by atoms with Crippen LogP contribution in [0.15, 0.2) is 29.1 Å². The summed E-state index contributed by atoms with van der Waals surface area (Å²) < 4.78 is 10.2. The molecule has 178 valence electrons. The van der Waals surface area contributed by atoms with Gasteiger partial charge < -0.3 is 25.0 Å². The number of pyridine rings is 1. The molecule has 2 amide bonds. The standard InChI is InChI=1S/C24H32N4O5/c1-15-3-5-17(6-4-15)21(27-22(29)19-14-33-28-16(19)2)23(30)26-18-7-8-20(25-13-18)24(31)9-11-32-12-10-24/h7-8,13-15,17,21,31H,3-6,9-12H2,1-2H3,(H,26,30)(H,27,29)/t15-,17-,21-/m0/s1. The summed E-state index contributed by atoms with van der Waals surface area (Å²) in [6.45, 7) is 4.88. The molecular weight excluding hydrogens is 424 g/mol. The van der Waals surface area contributed by atoms with Gasteiger partial charge in [-0.25, -0.2) is 0 Å². The zero-order valence-corrected chi connectivity index (χ0v) is 19.2. The van der Waals surface area contributed by atoms with E-state index in [1.54, 1.807) is 25.3 Å². The number of rotatable bonds is 6. The number of aromatic nitrogens is 2. The Morgan fingerprint density at radius 3 is 2.52 bits per heavy atom. The molecule has 0 spiro atoms. The average Bonchev–Trinajstić information content (AvgIpc) is 3.25. The lowest BCUT2D eigenvalue weighted by Crippen LogP contribution is -2.49. The monoisotopic (exact) mass is 456 g/mol. The van der Waals surface area contributed by atoms with Gasteiger partial charge in [-0.2, -0.15) is 0 Å². The maximum Gasteiger partial charge on any atom is 0.257 e. The van der Waals surface area contributed by atoms with Gasteiger partial charge in [0.15, 0.2) is 0 Å². The minimum Gasteiger partial charge on any atom is -0.383 e. The molecule has 0 unspecified atom stereocenters. The summed E-state index contributed by atoms with van der Waals surface area (Å²) in [7, 11) is 0. The van der Waals surface area contributed by atoms with Crippen LogP contribution in [0.5, 0.6) is 0 Å². The van der Waals surface area contributed by atoms with Gasteiger partial charge in [0.1, 0.15) is 23.5 Å². The fourth-order valence-electron chi connectivity index (χ4n) is 4.67. The quantitative estimate of drug-likeness (QED) is 0.610. The van der Waals surface area contributed by atoms with Crippen molar-refractivity contribution in [1.82, 2.24) is 15.5 Å². The molecule has 1 saturated heterocycles. The fourth-order valence-corrected chi connectivity index (χ4v) is 4.67. The van der Waals surface area contributed by atoms with Gasteiger partial charge in [0.05, 0.1) is 23.3 Å². The SMILES string of the molecule is Cc1nocc1C(=O)N[C@H](C(=O)Nc1ccc(C2(O)CCOCC2)nc1)[C@H]1CC[C@H](C)CC1. The van der Waals surface area contributed by atoms with Crippen LogP contribution in [0.25, 0.3) is 0 Å². The van der Waals surface area contributed by atoms with Crippen LogP contribution in [-0.4, -0.2) is 46.3 Å². The van der Waals surface area contributed by atoms with Crippen molar-refractivity contribution in [1.29, 1.82) is 0 Å². The van der Waals surface area contributed by atoms with Crippen LogP contribution in [0, 0.1) is 18.8 Å². The molecule has 2 aromatic heterocycles. The minimum atomic E-state index is -1.01. The maximum absolute atomic E-state index is 13.3. The largest absolute Gasteiger partial charge is 0.383 e. The summed E-state index contributed by atoms with van der Waals surface area (Å²) in [5.41, 5.74) is 0.886. The first-order chi connectivity index (χ1) is 15.9. The minimum absolute atomic E-state index is 0.0421. The second-order valence-corrected chi connectivity index (χ2v) is 9.35. The lowest BCUT2D eigenvalue weighted by Gasteiger charge is -2.32. The molecule has 2 aliphatic rings. The Kier molecular flexibility index (Phi) is 7.09. The third-order valence-electron chi connectivity index (χ3n) is 6.92. The molecule has 1 atom stereocenters. The number of aliphatic hydroxyl groups is 1. The molecule has 3 N–H and O–H groups in total. The third kappa shape index (κ3) is 5.42. The van der Waals surface area contributed by atoms with Crippen LogP contribution < -0.4 is 10.6 Å². The van der Waals surface area contributed by atoms with E-state index in [4.69, 9.17) is 9.26 Å². The molecule has 1 aliphatic carbocycles. The second-order valence-electron chi connectivity index (χ2n) is 9.35. The molecule has 9 heteroatoms. The van der Waals surface area contributed by atoms with E-state index in [1.165, 1.54) is 6.26 Å². The number of aryl methyl sites for hydroxylation is 1. The Hall–Kier alpha value is -2.78. The number of carbonyl (C=O) groups excluding carboxylic acids is 2. The van der Waals surface area contributed by atoms with Crippen LogP contribution in [0.1, 0.15) is 67.2 Å². The summed E-state index contributed by atoms with van der Waals surface area (Å²) in [6.07, 6.45) is 7.61. The van der Waals surface area contributed by atoms with Crippen molar-refractivity contribution in [2.24, 2.45) is 11.8 Å². The van der Waals surface area contributed by atoms with E-state index in [1.807, 2.05) is 0 Å². The van der Waals surface area contributed by atoms with Crippen LogP contribution in [0.4, 0.5) is 5.69 Å². The molecule has 2 aromatic rings. The Bertz CT molecular complexity index is 959. The number of amides is 2. The van der Waals surface area contributed by atoms with Crippen molar-refractivity contribution in [3.8, 4) is 0 Å². The predicted molar refractivity (Wildman–Crippen MR) is 120 cm³/mol. The molecule has 1 saturated carbocycles. The van der Waals surface area contributed by atoms with Gasteiger partial charge in [-0.15, -0.1) is 0 Å². The summed E-state index contributed by atoms with van der Waals surface area (Å²) in [5.74, 6) is 0.00767. The number of anilines is 1. The summed E-state index contributed by atoms with van der Waals surface area (Å²) in [5, 5.41) is 20.4. The average molecular weight is 457 g/mol. The normalized spacial score (nSPS) is 23.5. The number of hydrogen-bond donors (Lipinski definition) is 3. The van der Waals surface area contributed by atoms with E-state index in [0.29, 0.717) is 54.6 Å².